The Labute approximate surface area is 107 Å². The molecule has 1 aliphatic rings. The van der Waals surface area contributed by atoms with Crippen LogP contribution in [0, 0.1) is 0 Å². The maximum atomic E-state index is 12.1. The van der Waals surface area contributed by atoms with Crippen molar-refractivity contribution in [1.29, 1.82) is 0 Å². The Kier molecular flexibility index (Phi) is 4.08. The predicted molar refractivity (Wildman–Crippen MR) is 60.5 cm³/mol. The van der Waals surface area contributed by atoms with Gasteiger partial charge in [-0.25, -0.2) is 0 Å². The van der Waals surface area contributed by atoms with Crippen molar-refractivity contribution in [2.75, 3.05) is 11.9 Å². The molecule has 0 radical (unpaired) electrons. The van der Waals surface area contributed by atoms with Crippen LogP contribution in [-0.4, -0.2) is 34.6 Å². The third-order valence-corrected chi connectivity index (χ3v) is 2.69. The van der Waals surface area contributed by atoms with Gasteiger partial charge in [-0.1, -0.05) is 0 Å². The van der Waals surface area contributed by atoms with Crippen molar-refractivity contribution in [3.63, 3.8) is 0 Å². The molecule has 1 saturated heterocycles. The van der Waals surface area contributed by atoms with Crippen molar-refractivity contribution in [3.05, 3.63) is 12.3 Å². The number of alkyl halides is 3. The largest absolute Gasteiger partial charge is 0.408 e. The second-order valence-corrected chi connectivity index (χ2v) is 4.40. The number of carbonyl (C=O) groups is 1. The number of hydrogen-bond donors (Lipinski definition) is 1. The van der Waals surface area contributed by atoms with E-state index in [9.17, 15) is 18.0 Å². The Bertz CT molecular complexity index is 439. The minimum Gasteiger partial charge on any atom is -0.378 e. The van der Waals surface area contributed by atoms with Crippen LogP contribution in [0.4, 0.5) is 19.0 Å². The number of anilines is 1. The molecule has 19 heavy (non-hydrogen) atoms. The van der Waals surface area contributed by atoms with Gasteiger partial charge < -0.3 is 10.1 Å². The molecule has 0 aromatic carbocycles. The Morgan fingerprint density at radius 2 is 2.37 bits per heavy atom. The van der Waals surface area contributed by atoms with Gasteiger partial charge in [-0.15, -0.1) is 0 Å². The van der Waals surface area contributed by atoms with Gasteiger partial charge in [-0.2, -0.15) is 18.3 Å². The molecule has 1 aliphatic heterocycles. The first-order chi connectivity index (χ1) is 8.92. The molecular formula is C11H14F3N3O2. The second kappa shape index (κ2) is 5.60. The van der Waals surface area contributed by atoms with Crippen molar-refractivity contribution in [2.24, 2.45) is 0 Å². The molecular weight excluding hydrogens is 263 g/mol. The van der Waals surface area contributed by atoms with E-state index in [1.165, 1.54) is 12.3 Å². The number of aromatic nitrogens is 2. The van der Waals surface area contributed by atoms with Crippen LogP contribution in [0.25, 0.3) is 0 Å². The van der Waals surface area contributed by atoms with Gasteiger partial charge in [0.1, 0.15) is 6.54 Å². The van der Waals surface area contributed by atoms with E-state index in [2.05, 4.69) is 10.4 Å². The third kappa shape index (κ3) is 4.55. The number of halogens is 3. The standard InChI is InChI=1S/C11H14F3N3O2/c12-11(13,14)7-17-4-3-9(16-17)15-10(18)6-8-2-1-5-19-8/h3-4,8H,1-2,5-7H2,(H,15,16,18). The van der Waals surface area contributed by atoms with Crippen LogP contribution < -0.4 is 5.32 Å². The first-order valence-electron chi connectivity index (χ1n) is 5.94. The highest BCUT2D eigenvalue weighted by Gasteiger charge is 2.28. The molecule has 2 rings (SSSR count). The van der Waals surface area contributed by atoms with E-state index in [0.29, 0.717) is 6.61 Å². The van der Waals surface area contributed by atoms with E-state index in [1.807, 2.05) is 0 Å². The van der Waals surface area contributed by atoms with Crippen LogP contribution in [-0.2, 0) is 16.1 Å². The van der Waals surface area contributed by atoms with Crippen LogP contribution in [0.15, 0.2) is 12.3 Å². The number of rotatable bonds is 4. The van der Waals surface area contributed by atoms with Gasteiger partial charge in [0.05, 0.1) is 12.5 Å². The fraction of sp³-hybridized carbons (Fsp3) is 0.636. The Morgan fingerprint density at radius 3 is 3.00 bits per heavy atom. The van der Waals surface area contributed by atoms with Gasteiger partial charge in [0, 0.05) is 18.9 Å². The van der Waals surface area contributed by atoms with Gasteiger partial charge in [0.15, 0.2) is 5.82 Å². The van der Waals surface area contributed by atoms with Crippen LogP contribution in [0.3, 0.4) is 0 Å². The van der Waals surface area contributed by atoms with E-state index in [4.69, 9.17) is 4.74 Å². The number of ether oxygens (including phenoxy) is 1. The summed E-state index contributed by atoms with van der Waals surface area (Å²) in [6.07, 6.45) is -1.29. The van der Waals surface area contributed by atoms with E-state index in [-0.39, 0.29) is 24.2 Å². The van der Waals surface area contributed by atoms with Crippen LogP contribution in [0.5, 0.6) is 0 Å². The maximum absolute atomic E-state index is 12.1. The molecule has 0 saturated carbocycles. The molecule has 106 valence electrons. The molecule has 1 unspecified atom stereocenters. The van der Waals surface area contributed by atoms with Gasteiger partial charge in [0.2, 0.25) is 5.91 Å². The first kappa shape index (κ1) is 13.9. The molecule has 0 spiro atoms. The van der Waals surface area contributed by atoms with E-state index in [1.54, 1.807) is 0 Å². The summed E-state index contributed by atoms with van der Waals surface area (Å²) in [7, 11) is 0. The van der Waals surface area contributed by atoms with Gasteiger partial charge in [-0.3, -0.25) is 9.48 Å². The lowest BCUT2D eigenvalue weighted by atomic mass is 10.2. The summed E-state index contributed by atoms with van der Waals surface area (Å²) < 4.78 is 42.4. The highest BCUT2D eigenvalue weighted by Crippen LogP contribution is 2.18. The number of nitrogens with zero attached hydrogens (tertiary/aromatic N) is 2. The van der Waals surface area contributed by atoms with Gasteiger partial charge in [0.25, 0.3) is 0 Å². The molecule has 8 heteroatoms. The highest BCUT2D eigenvalue weighted by molar-refractivity contribution is 5.90. The molecule has 0 aliphatic carbocycles. The van der Waals surface area contributed by atoms with Crippen molar-refractivity contribution < 1.29 is 22.7 Å². The zero-order valence-corrected chi connectivity index (χ0v) is 10.1. The molecule has 1 aromatic heterocycles. The summed E-state index contributed by atoms with van der Waals surface area (Å²) in [6.45, 7) is -0.521. The normalized spacial score (nSPS) is 19.6. The topological polar surface area (TPSA) is 56.1 Å². The fourth-order valence-corrected chi connectivity index (χ4v) is 1.91. The summed E-state index contributed by atoms with van der Waals surface area (Å²) in [5.41, 5.74) is 0. The second-order valence-electron chi connectivity index (χ2n) is 4.40. The van der Waals surface area contributed by atoms with Crippen LogP contribution in [0.1, 0.15) is 19.3 Å². The maximum Gasteiger partial charge on any atom is 0.408 e. The van der Waals surface area contributed by atoms with E-state index < -0.39 is 12.7 Å². The summed E-state index contributed by atoms with van der Waals surface area (Å²) in [5.74, 6) is -0.184. The lowest BCUT2D eigenvalue weighted by Crippen LogP contribution is -2.20. The Morgan fingerprint density at radius 1 is 1.58 bits per heavy atom. The van der Waals surface area contributed by atoms with Crippen LogP contribution >= 0.6 is 0 Å². The molecule has 0 bridgehead atoms. The van der Waals surface area contributed by atoms with Crippen molar-refractivity contribution in [2.45, 2.75) is 38.1 Å². The lowest BCUT2D eigenvalue weighted by Gasteiger charge is -2.08. The first-order valence-corrected chi connectivity index (χ1v) is 5.94. The molecule has 2 heterocycles. The summed E-state index contributed by atoms with van der Waals surface area (Å²) >= 11 is 0. The smallest absolute Gasteiger partial charge is 0.378 e. The number of carbonyl (C=O) groups excluding carboxylic acids is 1. The minimum absolute atomic E-state index is 0.0998. The number of amides is 1. The lowest BCUT2D eigenvalue weighted by molar-refractivity contribution is -0.142. The summed E-state index contributed by atoms with van der Waals surface area (Å²) in [5, 5.41) is 6.09. The molecule has 1 fully saturated rings. The van der Waals surface area contributed by atoms with Crippen molar-refractivity contribution >= 4 is 11.7 Å². The fourth-order valence-electron chi connectivity index (χ4n) is 1.91. The van der Waals surface area contributed by atoms with Gasteiger partial charge >= 0.3 is 6.18 Å². The van der Waals surface area contributed by atoms with Crippen molar-refractivity contribution in [3.8, 4) is 0 Å². The van der Waals surface area contributed by atoms with Crippen LogP contribution in [0.2, 0.25) is 0 Å². The number of hydrogen-bond acceptors (Lipinski definition) is 3. The predicted octanol–water partition coefficient (Wildman–Crippen LogP) is 1.95. The third-order valence-electron chi connectivity index (χ3n) is 2.69. The highest BCUT2D eigenvalue weighted by atomic mass is 19.4. The average Bonchev–Trinajstić information content (AvgIpc) is 2.88. The summed E-state index contributed by atoms with van der Waals surface area (Å²) in [4.78, 5) is 11.6. The molecule has 1 atom stereocenters. The van der Waals surface area contributed by atoms with Crippen molar-refractivity contribution in [1.82, 2.24) is 9.78 Å². The number of nitrogens with one attached hydrogen (secondary N) is 1. The van der Waals surface area contributed by atoms with E-state index in [0.717, 1.165) is 17.5 Å². The molecule has 5 nitrogen and oxygen atoms in total. The minimum atomic E-state index is -4.33. The molecule has 1 N–H and O–H groups in total. The quantitative estimate of drug-likeness (QED) is 0.915. The average molecular weight is 277 g/mol. The molecule has 1 aromatic rings. The Balaban J connectivity index is 1.83. The monoisotopic (exact) mass is 277 g/mol. The summed E-state index contributed by atoms with van der Waals surface area (Å²) in [6, 6.07) is 1.33. The Hall–Kier alpha value is -1.57. The van der Waals surface area contributed by atoms with Gasteiger partial charge in [-0.05, 0) is 12.8 Å². The zero-order valence-electron chi connectivity index (χ0n) is 10.1. The molecule has 1 amide bonds. The SMILES string of the molecule is O=C(CC1CCCO1)Nc1ccn(CC(F)(F)F)n1. The zero-order chi connectivity index (χ0) is 13.9. The van der Waals surface area contributed by atoms with E-state index >= 15 is 0 Å².